The minimum Gasteiger partial charge on any atom is -0.505 e. The molecule has 0 aromatic heterocycles. The van der Waals surface area contributed by atoms with E-state index in [1.807, 2.05) is 0 Å². The van der Waals surface area contributed by atoms with Crippen LogP contribution in [0.4, 0.5) is 4.39 Å². The Bertz CT molecular complexity index is 412. The molecule has 0 unspecified atom stereocenters. The van der Waals surface area contributed by atoms with Gasteiger partial charge in [-0.1, -0.05) is 6.07 Å². The van der Waals surface area contributed by atoms with Crippen molar-refractivity contribution in [1.29, 1.82) is 0 Å². The minimum atomic E-state index is -0.524. The van der Waals surface area contributed by atoms with Crippen LogP contribution in [0.5, 0.6) is 5.75 Å². The minimum absolute atomic E-state index is 0.267. The Morgan fingerprint density at radius 1 is 1.29 bits per heavy atom. The third-order valence-corrected chi connectivity index (χ3v) is 3.88. The van der Waals surface area contributed by atoms with Crippen LogP contribution in [0.2, 0.25) is 0 Å². The van der Waals surface area contributed by atoms with E-state index in [2.05, 4.69) is 10.2 Å². The third-order valence-electron chi connectivity index (χ3n) is 3.88. The van der Waals surface area contributed by atoms with E-state index >= 15 is 0 Å². The third kappa shape index (κ3) is 2.15. The summed E-state index contributed by atoms with van der Waals surface area (Å²) in [7, 11) is 0. The molecule has 0 radical (unpaired) electrons. The fourth-order valence-electron chi connectivity index (χ4n) is 2.99. The number of aromatic hydroxyl groups is 1. The van der Waals surface area contributed by atoms with Crippen molar-refractivity contribution in [3.8, 4) is 5.75 Å². The Morgan fingerprint density at radius 3 is 2.65 bits per heavy atom. The summed E-state index contributed by atoms with van der Waals surface area (Å²) < 4.78 is 13.2. The van der Waals surface area contributed by atoms with E-state index in [9.17, 15) is 4.39 Å². The number of hydrogen-bond donors (Lipinski definition) is 2. The fraction of sp³-hybridized carbons (Fsp3) is 0.538. The number of fused-ring (bicyclic) bond motifs is 1. The van der Waals surface area contributed by atoms with Gasteiger partial charge >= 0.3 is 0 Å². The predicted octanol–water partition coefficient (Wildman–Crippen LogP) is 1.18. The normalized spacial score (nSPS) is 28.5. The molecule has 3 rings (SSSR count). The smallest absolute Gasteiger partial charge is 0.165 e. The SMILES string of the molecule is Oc1ccc(CN2C[C@H]3CNC[C@H]3C2)cc1F. The van der Waals surface area contributed by atoms with Gasteiger partial charge in [0.1, 0.15) is 0 Å². The zero-order chi connectivity index (χ0) is 11.8. The molecule has 3 nitrogen and oxygen atoms in total. The number of hydrogen-bond acceptors (Lipinski definition) is 3. The summed E-state index contributed by atoms with van der Waals surface area (Å²) in [4.78, 5) is 2.38. The van der Waals surface area contributed by atoms with Gasteiger partial charge in [-0.3, -0.25) is 4.90 Å². The molecule has 2 heterocycles. The van der Waals surface area contributed by atoms with Crippen molar-refractivity contribution < 1.29 is 9.50 Å². The summed E-state index contributed by atoms with van der Waals surface area (Å²) in [5.74, 6) is 0.730. The monoisotopic (exact) mass is 236 g/mol. The van der Waals surface area contributed by atoms with Gasteiger partial charge in [-0.25, -0.2) is 4.39 Å². The average Bonchev–Trinajstić information content (AvgIpc) is 2.84. The maximum absolute atomic E-state index is 13.2. The van der Waals surface area contributed by atoms with Gasteiger partial charge in [0.25, 0.3) is 0 Å². The maximum atomic E-state index is 13.2. The molecule has 4 heteroatoms. The van der Waals surface area contributed by atoms with E-state index < -0.39 is 5.82 Å². The number of nitrogens with zero attached hydrogens (tertiary/aromatic N) is 1. The number of phenolic OH excluding ortho intramolecular Hbond substituents is 1. The molecule has 2 atom stereocenters. The van der Waals surface area contributed by atoms with Gasteiger partial charge in [-0.05, 0) is 42.6 Å². The lowest BCUT2D eigenvalue weighted by Gasteiger charge is -2.17. The molecule has 0 amide bonds. The molecule has 92 valence electrons. The summed E-state index contributed by atoms with van der Waals surface area (Å²) in [6.45, 7) is 5.21. The quantitative estimate of drug-likeness (QED) is 0.809. The molecule has 1 aromatic rings. The number of nitrogens with one attached hydrogen (secondary N) is 1. The molecule has 2 aliphatic heterocycles. The first kappa shape index (κ1) is 11.0. The van der Waals surface area contributed by atoms with Crippen LogP contribution in [0.1, 0.15) is 5.56 Å². The fourth-order valence-corrected chi connectivity index (χ4v) is 2.99. The van der Waals surface area contributed by atoms with Gasteiger partial charge < -0.3 is 10.4 Å². The van der Waals surface area contributed by atoms with Gasteiger partial charge in [0.15, 0.2) is 11.6 Å². The molecule has 17 heavy (non-hydrogen) atoms. The van der Waals surface area contributed by atoms with Gasteiger partial charge in [0.2, 0.25) is 0 Å². The first-order chi connectivity index (χ1) is 8.22. The van der Waals surface area contributed by atoms with E-state index in [1.165, 1.54) is 12.1 Å². The zero-order valence-corrected chi connectivity index (χ0v) is 9.69. The molecule has 0 bridgehead atoms. The zero-order valence-electron chi connectivity index (χ0n) is 9.69. The number of rotatable bonds is 2. The van der Waals surface area contributed by atoms with Crippen molar-refractivity contribution in [2.45, 2.75) is 6.54 Å². The second-order valence-corrected chi connectivity index (χ2v) is 5.16. The molecule has 0 saturated carbocycles. The molecule has 2 aliphatic rings. The number of likely N-dealkylation sites (tertiary alicyclic amines) is 1. The lowest BCUT2D eigenvalue weighted by Crippen LogP contribution is -2.25. The van der Waals surface area contributed by atoms with E-state index in [-0.39, 0.29) is 5.75 Å². The van der Waals surface area contributed by atoms with Crippen LogP contribution in [0.15, 0.2) is 18.2 Å². The average molecular weight is 236 g/mol. The van der Waals surface area contributed by atoms with E-state index in [4.69, 9.17) is 5.11 Å². The first-order valence-electron chi connectivity index (χ1n) is 6.13. The van der Waals surface area contributed by atoms with Crippen molar-refractivity contribution in [2.75, 3.05) is 26.2 Å². The summed E-state index contributed by atoms with van der Waals surface area (Å²) >= 11 is 0. The highest BCUT2D eigenvalue weighted by Gasteiger charge is 2.35. The predicted molar refractivity (Wildman–Crippen MR) is 63.2 cm³/mol. The summed E-state index contributed by atoms with van der Waals surface area (Å²) in [6, 6.07) is 4.66. The summed E-state index contributed by atoms with van der Waals surface area (Å²) in [5, 5.41) is 12.5. The van der Waals surface area contributed by atoms with Gasteiger partial charge in [-0.15, -0.1) is 0 Å². The van der Waals surface area contributed by atoms with Crippen LogP contribution in [-0.2, 0) is 6.54 Å². The van der Waals surface area contributed by atoms with Crippen molar-refractivity contribution in [2.24, 2.45) is 11.8 Å². The lowest BCUT2D eigenvalue weighted by molar-refractivity contribution is 0.305. The second-order valence-electron chi connectivity index (χ2n) is 5.16. The number of benzene rings is 1. The van der Waals surface area contributed by atoms with E-state index in [0.717, 1.165) is 50.1 Å². The van der Waals surface area contributed by atoms with E-state index in [1.54, 1.807) is 6.07 Å². The summed E-state index contributed by atoms with van der Waals surface area (Å²) in [5.41, 5.74) is 0.938. The highest BCUT2D eigenvalue weighted by atomic mass is 19.1. The molecule has 0 aliphatic carbocycles. The Hall–Kier alpha value is -1.13. The lowest BCUT2D eigenvalue weighted by atomic mass is 10.0. The molecule has 1 aromatic carbocycles. The second kappa shape index (κ2) is 4.27. The number of phenols is 1. The van der Waals surface area contributed by atoms with Crippen molar-refractivity contribution in [3.05, 3.63) is 29.6 Å². The molecular weight excluding hydrogens is 219 g/mol. The van der Waals surface area contributed by atoms with Gasteiger partial charge in [0, 0.05) is 19.6 Å². The number of halogens is 1. The van der Waals surface area contributed by atoms with Gasteiger partial charge in [-0.2, -0.15) is 0 Å². The topological polar surface area (TPSA) is 35.5 Å². The van der Waals surface area contributed by atoms with Gasteiger partial charge in [0.05, 0.1) is 0 Å². The Kier molecular flexibility index (Phi) is 2.76. The molecule has 0 spiro atoms. The Morgan fingerprint density at radius 2 is 2.00 bits per heavy atom. The van der Waals surface area contributed by atoms with Crippen LogP contribution in [0, 0.1) is 17.7 Å². The van der Waals surface area contributed by atoms with Crippen LogP contribution < -0.4 is 5.32 Å². The van der Waals surface area contributed by atoms with Crippen molar-refractivity contribution >= 4 is 0 Å². The molecule has 2 N–H and O–H groups in total. The van der Waals surface area contributed by atoms with Crippen molar-refractivity contribution in [1.82, 2.24) is 10.2 Å². The van der Waals surface area contributed by atoms with Crippen LogP contribution in [-0.4, -0.2) is 36.2 Å². The largest absolute Gasteiger partial charge is 0.505 e. The van der Waals surface area contributed by atoms with Crippen LogP contribution >= 0.6 is 0 Å². The Balaban J connectivity index is 1.65. The summed E-state index contributed by atoms with van der Waals surface area (Å²) in [6.07, 6.45) is 0. The Labute approximate surface area is 100 Å². The van der Waals surface area contributed by atoms with Crippen LogP contribution in [0.25, 0.3) is 0 Å². The standard InChI is InChI=1S/C13H17FN2O/c14-12-3-9(1-2-13(12)17)6-16-7-10-4-15-5-11(10)8-16/h1-3,10-11,15,17H,4-8H2/t10-,11+. The highest BCUT2D eigenvalue weighted by molar-refractivity contribution is 5.28. The van der Waals surface area contributed by atoms with Crippen molar-refractivity contribution in [3.63, 3.8) is 0 Å². The molecular formula is C13H17FN2O. The van der Waals surface area contributed by atoms with E-state index in [0.29, 0.717) is 0 Å². The first-order valence-corrected chi connectivity index (χ1v) is 6.13. The van der Waals surface area contributed by atoms with Crippen LogP contribution in [0.3, 0.4) is 0 Å². The maximum Gasteiger partial charge on any atom is 0.165 e. The molecule has 2 saturated heterocycles. The molecule has 2 fully saturated rings. The highest BCUT2D eigenvalue weighted by Crippen LogP contribution is 2.28.